The standard InChI is InChI=1S/C14H15N5O2S/c1-9-11(12(20)17-8-10-3-2-4-15-7-10)22-14(18-9)19-6-5-16-13(19)21/h2-4,7H,5-6,8H2,1H3,(H,16,21)(H,17,20). The summed E-state index contributed by atoms with van der Waals surface area (Å²) < 4.78 is 0. The van der Waals surface area contributed by atoms with Crippen LogP contribution in [-0.4, -0.2) is 35.0 Å². The van der Waals surface area contributed by atoms with Gasteiger partial charge in [0.25, 0.3) is 5.91 Å². The average molecular weight is 317 g/mol. The van der Waals surface area contributed by atoms with Crippen LogP contribution < -0.4 is 15.5 Å². The van der Waals surface area contributed by atoms with Crippen molar-refractivity contribution in [1.29, 1.82) is 0 Å². The summed E-state index contributed by atoms with van der Waals surface area (Å²) in [7, 11) is 0. The number of nitrogens with zero attached hydrogens (tertiary/aromatic N) is 3. The molecule has 2 N–H and O–H groups in total. The van der Waals surface area contributed by atoms with Crippen LogP contribution in [0.1, 0.15) is 20.9 Å². The van der Waals surface area contributed by atoms with Crippen LogP contribution >= 0.6 is 11.3 Å². The molecular formula is C14H15N5O2S. The zero-order valence-corrected chi connectivity index (χ0v) is 12.8. The molecule has 1 aliphatic heterocycles. The predicted octanol–water partition coefficient (Wildman–Crippen LogP) is 1.31. The Morgan fingerprint density at radius 1 is 1.55 bits per heavy atom. The van der Waals surface area contributed by atoms with Gasteiger partial charge >= 0.3 is 6.03 Å². The Hall–Kier alpha value is -2.48. The topological polar surface area (TPSA) is 87.2 Å². The second-order valence-electron chi connectivity index (χ2n) is 4.84. The number of aromatic nitrogens is 2. The quantitative estimate of drug-likeness (QED) is 0.890. The molecule has 0 aliphatic carbocycles. The first-order valence-corrected chi connectivity index (χ1v) is 7.66. The molecule has 0 atom stereocenters. The van der Waals surface area contributed by atoms with Crippen LogP contribution in [-0.2, 0) is 6.54 Å². The van der Waals surface area contributed by atoms with Crippen LogP contribution in [0.3, 0.4) is 0 Å². The lowest BCUT2D eigenvalue weighted by molar-refractivity contribution is 0.0954. The van der Waals surface area contributed by atoms with Crippen molar-refractivity contribution in [2.75, 3.05) is 18.0 Å². The molecule has 0 aromatic carbocycles. The highest BCUT2D eigenvalue weighted by Crippen LogP contribution is 2.27. The molecule has 3 heterocycles. The van der Waals surface area contributed by atoms with Gasteiger partial charge in [0.05, 0.1) is 5.69 Å². The number of amides is 3. The van der Waals surface area contributed by atoms with E-state index in [-0.39, 0.29) is 11.9 Å². The molecule has 3 amide bonds. The van der Waals surface area contributed by atoms with Gasteiger partial charge in [-0.05, 0) is 18.6 Å². The molecule has 7 nitrogen and oxygen atoms in total. The normalized spacial score (nSPS) is 14.0. The van der Waals surface area contributed by atoms with Gasteiger partial charge in [0.2, 0.25) is 0 Å². The van der Waals surface area contributed by atoms with Crippen molar-refractivity contribution in [1.82, 2.24) is 20.6 Å². The smallest absolute Gasteiger partial charge is 0.323 e. The average Bonchev–Trinajstić information content (AvgIpc) is 3.11. The van der Waals surface area contributed by atoms with Crippen LogP contribution in [0.4, 0.5) is 9.93 Å². The lowest BCUT2D eigenvalue weighted by Gasteiger charge is -2.08. The van der Waals surface area contributed by atoms with Gasteiger partial charge in [0.1, 0.15) is 4.88 Å². The number of nitrogens with one attached hydrogen (secondary N) is 2. The first-order chi connectivity index (χ1) is 10.6. The van der Waals surface area contributed by atoms with Crippen molar-refractivity contribution in [2.24, 2.45) is 0 Å². The zero-order chi connectivity index (χ0) is 15.5. The summed E-state index contributed by atoms with van der Waals surface area (Å²) in [6, 6.07) is 3.55. The van der Waals surface area contributed by atoms with E-state index in [4.69, 9.17) is 0 Å². The first kappa shape index (κ1) is 14.5. The van der Waals surface area contributed by atoms with Crippen molar-refractivity contribution in [2.45, 2.75) is 13.5 Å². The molecule has 0 saturated carbocycles. The number of rotatable bonds is 4. The molecule has 22 heavy (non-hydrogen) atoms. The molecule has 1 aliphatic rings. The third-order valence-electron chi connectivity index (χ3n) is 3.26. The highest BCUT2D eigenvalue weighted by Gasteiger charge is 2.26. The fourth-order valence-corrected chi connectivity index (χ4v) is 3.14. The van der Waals surface area contributed by atoms with Crippen LogP contribution in [0, 0.1) is 6.92 Å². The summed E-state index contributed by atoms with van der Waals surface area (Å²) >= 11 is 1.23. The highest BCUT2D eigenvalue weighted by atomic mass is 32.1. The van der Waals surface area contributed by atoms with Crippen LogP contribution in [0.5, 0.6) is 0 Å². The Balaban J connectivity index is 1.70. The van der Waals surface area contributed by atoms with E-state index in [0.717, 1.165) is 5.56 Å². The maximum absolute atomic E-state index is 12.3. The summed E-state index contributed by atoms with van der Waals surface area (Å²) in [5, 5.41) is 6.12. The van der Waals surface area contributed by atoms with E-state index in [1.165, 1.54) is 11.3 Å². The van der Waals surface area contributed by atoms with E-state index < -0.39 is 0 Å². The second-order valence-corrected chi connectivity index (χ2v) is 5.82. The van der Waals surface area contributed by atoms with E-state index in [9.17, 15) is 9.59 Å². The van der Waals surface area contributed by atoms with Crippen molar-refractivity contribution >= 4 is 28.4 Å². The molecule has 2 aromatic heterocycles. The molecule has 3 rings (SSSR count). The molecule has 0 bridgehead atoms. The minimum atomic E-state index is -0.190. The summed E-state index contributed by atoms with van der Waals surface area (Å²) in [5.41, 5.74) is 1.56. The number of hydrogen-bond donors (Lipinski definition) is 2. The summed E-state index contributed by atoms with van der Waals surface area (Å²) in [5.74, 6) is -0.190. The molecule has 1 saturated heterocycles. The Kier molecular flexibility index (Phi) is 4.01. The van der Waals surface area contributed by atoms with Gasteiger partial charge in [0.15, 0.2) is 5.13 Å². The maximum Gasteiger partial charge on any atom is 0.323 e. The summed E-state index contributed by atoms with van der Waals surface area (Å²) in [6.45, 7) is 3.35. The third kappa shape index (κ3) is 2.91. The number of pyridine rings is 1. The van der Waals surface area contributed by atoms with Gasteiger partial charge in [-0.1, -0.05) is 17.4 Å². The Labute approximate surface area is 131 Å². The monoisotopic (exact) mass is 317 g/mol. The lowest BCUT2D eigenvalue weighted by atomic mass is 10.3. The van der Waals surface area contributed by atoms with E-state index in [1.54, 1.807) is 24.2 Å². The zero-order valence-electron chi connectivity index (χ0n) is 12.0. The number of aryl methyl sites for hydroxylation is 1. The minimum Gasteiger partial charge on any atom is -0.347 e. The van der Waals surface area contributed by atoms with Gasteiger partial charge in [-0.25, -0.2) is 9.78 Å². The van der Waals surface area contributed by atoms with E-state index in [2.05, 4.69) is 20.6 Å². The number of hydrogen-bond acceptors (Lipinski definition) is 5. The van der Waals surface area contributed by atoms with Crippen molar-refractivity contribution in [3.05, 3.63) is 40.7 Å². The minimum absolute atomic E-state index is 0.170. The van der Waals surface area contributed by atoms with Crippen molar-refractivity contribution in [3.8, 4) is 0 Å². The summed E-state index contributed by atoms with van der Waals surface area (Å²) in [4.78, 5) is 34.3. The number of thiazole rings is 1. The molecule has 2 aromatic rings. The fourth-order valence-electron chi connectivity index (χ4n) is 2.13. The van der Waals surface area contributed by atoms with Crippen LogP contribution in [0.25, 0.3) is 0 Å². The van der Waals surface area contributed by atoms with Crippen molar-refractivity contribution < 1.29 is 9.59 Å². The van der Waals surface area contributed by atoms with Crippen LogP contribution in [0.2, 0.25) is 0 Å². The highest BCUT2D eigenvalue weighted by molar-refractivity contribution is 7.17. The third-order valence-corrected chi connectivity index (χ3v) is 4.43. The van der Waals surface area contributed by atoms with Crippen molar-refractivity contribution in [3.63, 3.8) is 0 Å². The second kappa shape index (κ2) is 6.10. The number of anilines is 1. The molecule has 114 valence electrons. The van der Waals surface area contributed by atoms with E-state index in [1.807, 2.05) is 12.1 Å². The summed E-state index contributed by atoms with van der Waals surface area (Å²) in [6.07, 6.45) is 3.39. The van der Waals surface area contributed by atoms with Gasteiger partial charge < -0.3 is 10.6 Å². The Bertz CT molecular complexity index is 701. The van der Waals surface area contributed by atoms with Gasteiger partial charge in [-0.3, -0.25) is 14.7 Å². The number of carbonyl (C=O) groups excluding carboxylic acids is 2. The maximum atomic E-state index is 12.3. The SMILES string of the molecule is Cc1nc(N2CCNC2=O)sc1C(=O)NCc1cccnc1. The first-order valence-electron chi connectivity index (χ1n) is 6.85. The lowest BCUT2D eigenvalue weighted by Crippen LogP contribution is -2.27. The predicted molar refractivity (Wildman–Crippen MR) is 83.0 cm³/mol. The van der Waals surface area contributed by atoms with Gasteiger partial charge in [-0.2, -0.15) is 0 Å². The van der Waals surface area contributed by atoms with E-state index >= 15 is 0 Å². The van der Waals surface area contributed by atoms with Gasteiger partial charge in [0, 0.05) is 32.0 Å². The molecule has 0 spiro atoms. The van der Waals surface area contributed by atoms with Crippen LogP contribution in [0.15, 0.2) is 24.5 Å². The fraction of sp³-hybridized carbons (Fsp3) is 0.286. The molecular weight excluding hydrogens is 302 g/mol. The molecule has 1 fully saturated rings. The van der Waals surface area contributed by atoms with E-state index in [0.29, 0.717) is 35.3 Å². The Morgan fingerprint density at radius 3 is 3.09 bits per heavy atom. The largest absolute Gasteiger partial charge is 0.347 e. The van der Waals surface area contributed by atoms with Gasteiger partial charge in [-0.15, -0.1) is 0 Å². The molecule has 0 radical (unpaired) electrons. The molecule has 0 unspecified atom stereocenters. The Morgan fingerprint density at radius 2 is 2.41 bits per heavy atom. The molecule has 8 heteroatoms. The number of urea groups is 1. The number of carbonyl (C=O) groups is 2.